The van der Waals surface area contributed by atoms with Crippen molar-refractivity contribution in [1.82, 2.24) is 20.5 Å². The first-order valence-electron chi connectivity index (χ1n) is 7.05. The Morgan fingerprint density at radius 1 is 1.33 bits per heavy atom. The van der Waals surface area contributed by atoms with Gasteiger partial charge in [-0.25, -0.2) is 4.98 Å². The standard InChI is InChI=1S/C14H24N4O3/c1-8(2)6-9(12(20)21)7-15-11(19)10-16-13(18-17-10)14(3,4)5/h8-9H,6-7H2,1-5H3,(H,15,19)(H,20,21)(H,16,17,18). The van der Waals surface area contributed by atoms with Crippen LogP contribution < -0.4 is 5.32 Å². The van der Waals surface area contributed by atoms with Crippen molar-refractivity contribution in [2.45, 2.75) is 46.5 Å². The SMILES string of the molecule is CC(C)CC(CNC(=O)c1n[nH]c(C(C)(C)C)n1)C(=O)O. The molecule has 0 bridgehead atoms. The summed E-state index contributed by atoms with van der Waals surface area (Å²) in [4.78, 5) is 27.2. The Labute approximate surface area is 124 Å². The highest BCUT2D eigenvalue weighted by molar-refractivity contribution is 5.90. The first kappa shape index (κ1) is 17.1. The highest BCUT2D eigenvalue weighted by Crippen LogP contribution is 2.17. The predicted molar refractivity (Wildman–Crippen MR) is 78.0 cm³/mol. The van der Waals surface area contributed by atoms with Crippen molar-refractivity contribution in [2.75, 3.05) is 6.54 Å². The monoisotopic (exact) mass is 296 g/mol. The Hall–Kier alpha value is -1.92. The molecule has 0 saturated heterocycles. The van der Waals surface area contributed by atoms with Crippen LogP contribution in [0.2, 0.25) is 0 Å². The van der Waals surface area contributed by atoms with Gasteiger partial charge in [0.2, 0.25) is 5.82 Å². The summed E-state index contributed by atoms with van der Waals surface area (Å²) in [6.45, 7) is 9.84. The third-order valence-corrected chi connectivity index (χ3v) is 3.01. The molecule has 1 heterocycles. The average Bonchev–Trinajstić information content (AvgIpc) is 2.82. The van der Waals surface area contributed by atoms with Crippen molar-refractivity contribution < 1.29 is 14.7 Å². The Kier molecular flexibility index (Phi) is 5.46. The zero-order valence-corrected chi connectivity index (χ0v) is 13.2. The number of nitrogens with one attached hydrogen (secondary N) is 2. The smallest absolute Gasteiger partial charge is 0.308 e. The maximum atomic E-state index is 11.9. The Morgan fingerprint density at radius 3 is 2.38 bits per heavy atom. The van der Waals surface area contributed by atoms with Gasteiger partial charge >= 0.3 is 5.97 Å². The van der Waals surface area contributed by atoms with Gasteiger partial charge in [-0.2, -0.15) is 0 Å². The lowest BCUT2D eigenvalue weighted by Crippen LogP contribution is -2.34. The molecule has 0 fully saturated rings. The lowest BCUT2D eigenvalue weighted by molar-refractivity contribution is -0.142. The van der Waals surface area contributed by atoms with Crippen molar-refractivity contribution in [1.29, 1.82) is 0 Å². The number of hydrogen-bond acceptors (Lipinski definition) is 4. The molecule has 0 aromatic carbocycles. The van der Waals surface area contributed by atoms with Gasteiger partial charge in [0, 0.05) is 12.0 Å². The van der Waals surface area contributed by atoms with E-state index in [1.54, 1.807) is 0 Å². The fourth-order valence-corrected chi connectivity index (χ4v) is 1.83. The van der Waals surface area contributed by atoms with Crippen molar-refractivity contribution in [3.05, 3.63) is 11.6 Å². The number of carboxylic acids is 1. The normalized spacial score (nSPS) is 13.2. The molecule has 0 spiro atoms. The number of carbonyl (C=O) groups excluding carboxylic acids is 1. The van der Waals surface area contributed by atoms with Crippen molar-refractivity contribution >= 4 is 11.9 Å². The van der Waals surface area contributed by atoms with Crippen LogP contribution in [0.5, 0.6) is 0 Å². The summed E-state index contributed by atoms with van der Waals surface area (Å²) in [7, 11) is 0. The Bertz CT molecular complexity index is 503. The van der Waals surface area contributed by atoms with Gasteiger partial charge in [-0.05, 0) is 12.3 Å². The van der Waals surface area contributed by atoms with Crippen LogP contribution in [0, 0.1) is 11.8 Å². The van der Waals surface area contributed by atoms with Gasteiger partial charge in [-0.3, -0.25) is 14.7 Å². The molecule has 0 aliphatic carbocycles. The third-order valence-electron chi connectivity index (χ3n) is 3.01. The van der Waals surface area contributed by atoms with E-state index in [0.29, 0.717) is 12.2 Å². The van der Waals surface area contributed by atoms with Gasteiger partial charge in [0.25, 0.3) is 5.91 Å². The topological polar surface area (TPSA) is 108 Å². The molecule has 1 aromatic heterocycles. The van der Waals surface area contributed by atoms with E-state index in [1.807, 2.05) is 34.6 Å². The van der Waals surface area contributed by atoms with Gasteiger partial charge < -0.3 is 10.4 Å². The minimum Gasteiger partial charge on any atom is -0.481 e. The van der Waals surface area contributed by atoms with Gasteiger partial charge in [0.05, 0.1) is 5.92 Å². The zero-order valence-electron chi connectivity index (χ0n) is 13.2. The maximum Gasteiger partial charge on any atom is 0.308 e. The van der Waals surface area contributed by atoms with E-state index in [4.69, 9.17) is 5.11 Å². The number of aromatic nitrogens is 3. The molecule has 1 amide bonds. The van der Waals surface area contributed by atoms with Crippen LogP contribution in [-0.2, 0) is 10.2 Å². The lowest BCUT2D eigenvalue weighted by atomic mass is 9.96. The predicted octanol–water partition coefficient (Wildman–Crippen LogP) is 1.58. The van der Waals surface area contributed by atoms with E-state index < -0.39 is 17.8 Å². The molecule has 1 atom stereocenters. The summed E-state index contributed by atoms with van der Waals surface area (Å²) in [6, 6.07) is 0. The summed E-state index contributed by atoms with van der Waals surface area (Å²) in [5.41, 5.74) is -0.229. The third kappa shape index (κ3) is 5.17. The fourth-order valence-electron chi connectivity index (χ4n) is 1.83. The first-order valence-corrected chi connectivity index (χ1v) is 7.05. The van der Waals surface area contributed by atoms with E-state index >= 15 is 0 Å². The molecule has 1 rings (SSSR count). The van der Waals surface area contributed by atoms with E-state index in [-0.39, 0.29) is 23.7 Å². The van der Waals surface area contributed by atoms with Crippen LogP contribution in [0.4, 0.5) is 0 Å². The molecule has 1 aromatic rings. The van der Waals surface area contributed by atoms with Gasteiger partial charge in [-0.1, -0.05) is 34.6 Å². The van der Waals surface area contributed by atoms with Gasteiger partial charge in [-0.15, -0.1) is 5.10 Å². The van der Waals surface area contributed by atoms with Crippen molar-refractivity contribution in [2.24, 2.45) is 11.8 Å². The number of nitrogens with zero attached hydrogens (tertiary/aromatic N) is 2. The summed E-state index contributed by atoms with van der Waals surface area (Å²) < 4.78 is 0. The van der Waals surface area contributed by atoms with Crippen molar-refractivity contribution in [3.63, 3.8) is 0 Å². The molecular formula is C14H24N4O3. The number of amides is 1. The number of aromatic amines is 1. The van der Waals surface area contributed by atoms with Crippen LogP contribution in [0.1, 0.15) is 57.5 Å². The van der Waals surface area contributed by atoms with Gasteiger partial charge in [0.15, 0.2) is 0 Å². The van der Waals surface area contributed by atoms with E-state index in [0.717, 1.165) is 0 Å². The maximum absolute atomic E-state index is 11.9. The number of carbonyl (C=O) groups is 2. The second-order valence-electron chi connectivity index (χ2n) is 6.63. The number of aliphatic carboxylic acids is 1. The number of hydrogen-bond donors (Lipinski definition) is 3. The minimum atomic E-state index is -0.908. The van der Waals surface area contributed by atoms with Crippen LogP contribution in [0.25, 0.3) is 0 Å². The lowest BCUT2D eigenvalue weighted by Gasteiger charge is -2.14. The van der Waals surface area contributed by atoms with Crippen LogP contribution in [0.15, 0.2) is 0 Å². The Morgan fingerprint density at radius 2 is 1.95 bits per heavy atom. The summed E-state index contributed by atoms with van der Waals surface area (Å²) in [5, 5.41) is 18.3. The van der Waals surface area contributed by atoms with Crippen molar-refractivity contribution in [3.8, 4) is 0 Å². The quantitative estimate of drug-likeness (QED) is 0.738. The zero-order chi connectivity index (χ0) is 16.2. The molecule has 7 heteroatoms. The van der Waals surface area contributed by atoms with E-state index in [2.05, 4.69) is 20.5 Å². The molecule has 3 N–H and O–H groups in total. The number of H-pyrrole nitrogens is 1. The number of carboxylic acid groups (broad SMARTS) is 1. The molecule has 1 unspecified atom stereocenters. The number of rotatable bonds is 6. The fraction of sp³-hybridized carbons (Fsp3) is 0.714. The highest BCUT2D eigenvalue weighted by atomic mass is 16.4. The Balaban J connectivity index is 2.64. The largest absolute Gasteiger partial charge is 0.481 e. The van der Waals surface area contributed by atoms with E-state index in [9.17, 15) is 9.59 Å². The first-order chi connectivity index (χ1) is 9.61. The molecule has 0 aliphatic heterocycles. The second kappa shape index (κ2) is 6.69. The summed E-state index contributed by atoms with van der Waals surface area (Å²) >= 11 is 0. The highest BCUT2D eigenvalue weighted by Gasteiger charge is 2.23. The molecule has 7 nitrogen and oxygen atoms in total. The second-order valence-corrected chi connectivity index (χ2v) is 6.63. The van der Waals surface area contributed by atoms with Crippen LogP contribution in [0.3, 0.4) is 0 Å². The van der Waals surface area contributed by atoms with E-state index in [1.165, 1.54) is 0 Å². The van der Waals surface area contributed by atoms with Crippen LogP contribution in [-0.4, -0.2) is 38.7 Å². The molecular weight excluding hydrogens is 272 g/mol. The molecule has 118 valence electrons. The molecule has 21 heavy (non-hydrogen) atoms. The van der Waals surface area contributed by atoms with Crippen LogP contribution >= 0.6 is 0 Å². The molecule has 0 aliphatic rings. The van der Waals surface area contributed by atoms with Gasteiger partial charge in [0.1, 0.15) is 5.82 Å². The summed E-state index contributed by atoms with van der Waals surface area (Å²) in [6.07, 6.45) is 0.511. The summed E-state index contributed by atoms with van der Waals surface area (Å²) in [5.74, 6) is -1.07. The average molecular weight is 296 g/mol. The molecule has 0 saturated carbocycles. The minimum absolute atomic E-state index is 0.0358. The molecule has 0 radical (unpaired) electrons.